The van der Waals surface area contributed by atoms with E-state index in [1.807, 2.05) is 31.2 Å². The number of thioether (sulfide) groups is 1. The van der Waals surface area contributed by atoms with Gasteiger partial charge in [-0.3, -0.25) is 10.0 Å². The van der Waals surface area contributed by atoms with Gasteiger partial charge in [0.05, 0.1) is 6.04 Å². The van der Waals surface area contributed by atoms with Gasteiger partial charge >= 0.3 is 0 Å². The summed E-state index contributed by atoms with van der Waals surface area (Å²) < 4.78 is 5.51. The minimum Gasteiger partial charge on any atom is -0.451 e. The number of hydrogen-bond acceptors (Lipinski definition) is 5. The van der Waals surface area contributed by atoms with E-state index in [9.17, 15) is 10.0 Å². The average Bonchev–Trinajstić information content (AvgIpc) is 3.04. The average molecular weight is 290 g/mol. The number of carbonyl (C=O) groups is 1. The van der Waals surface area contributed by atoms with Crippen molar-refractivity contribution >= 4 is 28.6 Å². The number of benzene rings is 1. The number of amides is 1. The van der Waals surface area contributed by atoms with Crippen molar-refractivity contribution in [1.29, 1.82) is 0 Å². The van der Waals surface area contributed by atoms with Crippen LogP contribution in [0.15, 0.2) is 46.4 Å². The number of fused-ring (bicyclic) bond motifs is 1. The third kappa shape index (κ3) is 2.39. The molecule has 1 aromatic carbocycles. The molecule has 1 amide bonds. The van der Waals surface area contributed by atoms with Gasteiger partial charge < -0.3 is 9.73 Å². The first kappa shape index (κ1) is 13.1. The van der Waals surface area contributed by atoms with Crippen LogP contribution in [-0.2, 0) is 0 Å². The summed E-state index contributed by atoms with van der Waals surface area (Å²) in [6, 6.07) is 8.97. The number of furan rings is 1. The van der Waals surface area contributed by atoms with Gasteiger partial charge in [0.25, 0.3) is 5.91 Å². The van der Waals surface area contributed by atoms with E-state index in [1.165, 1.54) is 11.8 Å². The highest BCUT2D eigenvalue weighted by molar-refractivity contribution is 8.02. The smallest absolute Gasteiger partial charge is 0.287 e. The lowest BCUT2D eigenvalue weighted by Gasteiger charge is -2.24. The summed E-state index contributed by atoms with van der Waals surface area (Å²) in [7, 11) is 0. The molecule has 5 nitrogen and oxygen atoms in total. The summed E-state index contributed by atoms with van der Waals surface area (Å²) in [4.78, 5) is 12.2. The zero-order chi connectivity index (χ0) is 14.1. The Balaban J connectivity index is 1.72. The number of hydroxylamine groups is 2. The number of carbonyl (C=O) groups excluding carboxylic acids is 1. The topological polar surface area (TPSA) is 65.7 Å². The first-order valence-electron chi connectivity index (χ1n) is 6.24. The van der Waals surface area contributed by atoms with Gasteiger partial charge in [0.2, 0.25) is 0 Å². The number of hydrogen-bond donors (Lipinski definition) is 2. The van der Waals surface area contributed by atoms with Crippen LogP contribution in [0.1, 0.15) is 17.5 Å². The summed E-state index contributed by atoms with van der Waals surface area (Å²) >= 11 is 1.45. The number of nitrogens with zero attached hydrogens (tertiary/aromatic N) is 1. The van der Waals surface area contributed by atoms with Crippen molar-refractivity contribution in [3.63, 3.8) is 0 Å². The zero-order valence-electron chi connectivity index (χ0n) is 10.8. The highest BCUT2D eigenvalue weighted by atomic mass is 32.2. The fourth-order valence-corrected chi connectivity index (χ4v) is 2.97. The molecular weight excluding hydrogens is 276 g/mol. The first-order valence-corrected chi connectivity index (χ1v) is 7.18. The number of rotatable bonds is 3. The van der Waals surface area contributed by atoms with Crippen LogP contribution in [0.3, 0.4) is 0 Å². The van der Waals surface area contributed by atoms with E-state index in [4.69, 9.17) is 4.42 Å². The van der Waals surface area contributed by atoms with Crippen molar-refractivity contribution in [2.75, 3.05) is 0 Å². The molecule has 3 rings (SSSR count). The van der Waals surface area contributed by atoms with E-state index in [1.54, 1.807) is 17.7 Å². The van der Waals surface area contributed by atoms with Gasteiger partial charge in [-0.2, -0.15) is 0 Å². The Morgan fingerprint density at radius 3 is 3.00 bits per heavy atom. The van der Waals surface area contributed by atoms with E-state index in [2.05, 4.69) is 5.32 Å². The maximum Gasteiger partial charge on any atom is 0.287 e. The molecule has 0 radical (unpaired) electrons. The molecule has 2 atom stereocenters. The first-order chi connectivity index (χ1) is 9.65. The summed E-state index contributed by atoms with van der Waals surface area (Å²) in [5.74, 6) is -0.00639. The van der Waals surface area contributed by atoms with Crippen LogP contribution in [0.4, 0.5) is 0 Å². The Morgan fingerprint density at radius 2 is 2.30 bits per heavy atom. The monoisotopic (exact) mass is 290 g/mol. The molecule has 0 fully saturated rings. The quantitative estimate of drug-likeness (QED) is 0.910. The van der Waals surface area contributed by atoms with Crippen molar-refractivity contribution in [2.45, 2.75) is 18.3 Å². The lowest BCUT2D eigenvalue weighted by molar-refractivity contribution is -0.0549. The fraction of sp³-hybridized carbons (Fsp3) is 0.214. The van der Waals surface area contributed by atoms with Crippen LogP contribution in [-0.4, -0.2) is 27.6 Å². The van der Waals surface area contributed by atoms with Gasteiger partial charge in [-0.1, -0.05) is 18.2 Å². The van der Waals surface area contributed by atoms with E-state index in [0.717, 1.165) is 10.4 Å². The van der Waals surface area contributed by atoms with E-state index < -0.39 is 0 Å². The van der Waals surface area contributed by atoms with Gasteiger partial charge in [-0.15, -0.1) is 11.8 Å². The van der Waals surface area contributed by atoms with Crippen molar-refractivity contribution in [1.82, 2.24) is 10.4 Å². The van der Waals surface area contributed by atoms with Gasteiger partial charge in [0, 0.05) is 11.6 Å². The minimum absolute atomic E-state index is 0.219. The van der Waals surface area contributed by atoms with Crippen LogP contribution in [0.2, 0.25) is 0 Å². The molecule has 104 valence electrons. The molecule has 1 aromatic heterocycles. The maximum atomic E-state index is 12.2. The van der Waals surface area contributed by atoms with Gasteiger partial charge in [-0.25, -0.2) is 5.06 Å². The predicted molar refractivity (Wildman–Crippen MR) is 77.3 cm³/mol. The third-order valence-corrected chi connectivity index (χ3v) is 4.31. The molecule has 1 aliphatic heterocycles. The second-order valence-corrected chi connectivity index (χ2v) is 5.63. The predicted octanol–water partition coefficient (Wildman–Crippen LogP) is 2.79. The zero-order valence-corrected chi connectivity index (χ0v) is 11.6. The van der Waals surface area contributed by atoms with Crippen molar-refractivity contribution in [3.05, 3.63) is 47.7 Å². The van der Waals surface area contributed by atoms with Gasteiger partial charge in [0.15, 0.2) is 5.76 Å². The number of para-hydroxylation sites is 1. The molecule has 1 unspecified atom stereocenters. The van der Waals surface area contributed by atoms with Crippen LogP contribution in [0.5, 0.6) is 0 Å². The van der Waals surface area contributed by atoms with E-state index in [-0.39, 0.29) is 23.1 Å². The van der Waals surface area contributed by atoms with Crippen LogP contribution >= 0.6 is 11.8 Å². The van der Waals surface area contributed by atoms with Crippen LogP contribution in [0.25, 0.3) is 11.0 Å². The molecule has 0 bridgehead atoms. The SMILES string of the molecule is C[C@@H](NC(=O)c1cc2ccccc2o1)C1SC=CN1O. The van der Waals surface area contributed by atoms with Crippen molar-refractivity contribution < 1.29 is 14.4 Å². The second-order valence-electron chi connectivity index (χ2n) is 4.60. The molecule has 2 heterocycles. The van der Waals surface area contributed by atoms with Crippen molar-refractivity contribution in [2.24, 2.45) is 0 Å². The Bertz CT molecular complexity index is 634. The fourth-order valence-electron chi connectivity index (χ4n) is 2.12. The highest BCUT2D eigenvalue weighted by Gasteiger charge is 2.27. The molecule has 0 spiro atoms. The van der Waals surface area contributed by atoms with Crippen molar-refractivity contribution in [3.8, 4) is 0 Å². The molecule has 2 aromatic rings. The summed E-state index contributed by atoms with van der Waals surface area (Å²) in [6.45, 7) is 1.84. The Morgan fingerprint density at radius 1 is 1.50 bits per heavy atom. The summed E-state index contributed by atoms with van der Waals surface area (Å²) in [6.07, 6.45) is 1.57. The molecule has 20 heavy (non-hydrogen) atoms. The molecule has 6 heteroatoms. The van der Waals surface area contributed by atoms with Crippen LogP contribution in [0, 0.1) is 0 Å². The normalized spacial score (nSPS) is 19.5. The molecular formula is C14H14N2O3S. The molecule has 0 saturated heterocycles. The third-order valence-electron chi connectivity index (χ3n) is 3.13. The standard InChI is InChI=1S/C14H14N2O3S/c1-9(14-16(18)6-7-20-14)15-13(17)12-8-10-4-2-3-5-11(10)19-12/h2-9,14,18H,1H3,(H,15,17)/t9-,14?/m1/s1. The highest BCUT2D eigenvalue weighted by Crippen LogP contribution is 2.26. The molecule has 0 saturated carbocycles. The van der Waals surface area contributed by atoms with E-state index >= 15 is 0 Å². The minimum atomic E-state index is -0.283. The Kier molecular flexibility index (Phi) is 3.42. The van der Waals surface area contributed by atoms with E-state index in [0.29, 0.717) is 5.58 Å². The Hall–Kier alpha value is -1.92. The lowest BCUT2D eigenvalue weighted by Crippen LogP contribution is -2.44. The van der Waals surface area contributed by atoms with Gasteiger partial charge in [-0.05, 0) is 24.5 Å². The second kappa shape index (κ2) is 5.22. The lowest BCUT2D eigenvalue weighted by atomic mass is 10.2. The largest absolute Gasteiger partial charge is 0.451 e. The number of nitrogens with one attached hydrogen (secondary N) is 1. The maximum absolute atomic E-state index is 12.2. The summed E-state index contributed by atoms with van der Waals surface area (Å²) in [5.41, 5.74) is 0.686. The molecule has 1 aliphatic rings. The molecule has 0 aliphatic carbocycles. The summed E-state index contributed by atoms with van der Waals surface area (Å²) in [5, 5.41) is 16.0. The Labute approximate surface area is 120 Å². The van der Waals surface area contributed by atoms with Gasteiger partial charge in [0.1, 0.15) is 11.0 Å². The molecule has 2 N–H and O–H groups in total. The van der Waals surface area contributed by atoms with Crippen LogP contribution < -0.4 is 5.32 Å².